The summed E-state index contributed by atoms with van der Waals surface area (Å²) >= 11 is 0. The molecule has 1 fully saturated rings. The lowest BCUT2D eigenvalue weighted by molar-refractivity contribution is -0.137. The van der Waals surface area contributed by atoms with Gasteiger partial charge in [0.15, 0.2) is 0 Å². The quantitative estimate of drug-likeness (QED) is 0.608. The monoisotopic (exact) mass is 213 g/mol. The minimum atomic E-state index is -0.785. The number of carboxylic acid groups (broad SMARTS) is 1. The van der Waals surface area contributed by atoms with Gasteiger partial charge < -0.3 is 10.8 Å². The molecule has 1 aliphatic carbocycles. The fourth-order valence-electron chi connectivity index (χ4n) is 1.92. The molecule has 0 radical (unpaired) electrons. The van der Waals surface area contributed by atoms with Crippen LogP contribution in [-0.2, 0) is 4.79 Å². The molecule has 0 bridgehead atoms. The van der Waals surface area contributed by atoms with E-state index in [0.29, 0.717) is 5.92 Å². The Morgan fingerprint density at radius 3 is 2.67 bits per heavy atom. The van der Waals surface area contributed by atoms with Crippen LogP contribution in [0.3, 0.4) is 0 Å². The maximum atomic E-state index is 10.5. The molecule has 0 aromatic carbocycles. The summed E-state index contributed by atoms with van der Waals surface area (Å²) in [6.07, 6.45) is 7.87. The van der Waals surface area contributed by atoms with Gasteiger partial charge in [0, 0.05) is 6.04 Å². The Hall–Kier alpha value is -0.570. The minimum Gasteiger partial charge on any atom is -0.481 e. The van der Waals surface area contributed by atoms with Crippen molar-refractivity contribution >= 4 is 5.97 Å². The molecule has 1 rings (SSSR count). The van der Waals surface area contributed by atoms with E-state index in [0.717, 1.165) is 12.3 Å². The van der Waals surface area contributed by atoms with Crippen LogP contribution in [0.5, 0.6) is 0 Å². The van der Waals surface area contributed by atoms with Crippen molar-refractivity contribution in [3.8, 4) is 0 Å². The number of unbranched alkanes of at least 4 members (excludes halogenated alkanes) is 1. The summed E-state index contributed by atoms with van der Waals surface area (Å²) in [6.45, 7) is 2.06. The van der Waals surface area contributed by atoms with Crippen LogP contribution in [0.1, 0.15) is 51.9 Å². The summed E-state index contributed by atoms with van der Waals surface area (Å²) in [5, 5.41) is 8.61. The standard InChI is InChI=1S/C12H23NO2/c1-9(11(13)8-12(14)15)4-2-3-5-10-6-7-10/h9-11H,2-8,13H2,1H3,(H,14,15)/t9-,11-/m1/s1. The second-order valence-electron chi connectivity index (χ2n) is 4.97. The number of carbonyl (C=O) groups is 1. The van der Waals surface area contributed by atoms with Crippen molar-refractivity contribution < 1.29 is 9.90 Å². The molecule has 15 heavy (non-hydrogen) atoms. The Kier molecular flexibility index (Phi) is 5.09. The first-order chi connectivity index (χ1) is 7.09. The maximum Gasteiger partial charge on any atom is 0.304 e. The zero-order valence-electron chi connectivity index (χ0n) is 9.61. The molecular formula is C12H23NO2. The zero-order chi connectivity index (χ0) is 11.3. The summed E-state index contributed by atoms with van der Waals surface area (Å²) in [5.74, 6) is 0.556. The second-order valence-corrected chi connectivity index (χ2v) is 4.97. The molecule has 0 amide bonds. The summed E-state index contributed by atoms with van der Waals surface area (Å²) in [7, 11) is 0. The number of hydrogen-bond acceptors (Lipinski definition) is 2. The average Bonchev–Trinajstić information content (AvgIpc) is 2.94. The van der Waals surface area contributed by atoms with Gasteiger partial charge in [0.25, 0.3) is 0 Å². The highest BCUT2D eigenvalue weighted by molar-refractivity contribution is 5.67. The largest absolute Gasteiger partial charge is 0.481 e. The zero-order valence-corrected chi connectivity index (χ0v) is 9.61. The maximum absolute atomic E-state index is 10.5. The first-order valence-corrected chi connectivity index (χ1v) is 6.07. The van der Waals surface area contributed by atoms with Crippen LogP contribution in [0.4, 0.5) is 0 Å². The van der Waals surface area contributed by atoms with Crippen molar-refractivity contribution in [1.29, 1.82) is 0 Å². The van der Waals surface area contributed by atoms with E-state index >= 15 is 0 Å². The van der Waals surface area contributed by atoms with Gasteiger partial charge in [-0.15, -0.1) is 0 Å². The van der Waals surface area contributed by atoms with Gasteiger partial charge in [-0.25, -0.2) is 0 Å². The summed E-state index contributed by atoms with van der Waals surface area (Å²) in [6, 6.07) is -0.177. The normalized spacial score (nSPS) is 19.9. The van der Waals surface area contributed by atoms with Gasteiger partial charge in [-0.3, -0.25) is 4.79 Å². The Bertz CT molecular complexity index is 202. The van der Waals surface area contributed by atoms with E-state index in [9.17, 15) is 4.79 Å². The van der Waals surface area contributed by atoms with Crippen molar-refractivity contribution in [2.24, 2.45) is 17.6 Å². The van der Waals surface area contributed by atoms with Gasteiger partial charge in [0.1, 0.15) is 0 Å². The Balaban J connectivity index is 1.99. The molecule has 88 valence electrons. The van der Waals surface area contributed by atoms with E-state index in [4.69, 9.17) is 10.8 Å². The molecule has 3 nitrogen and oxygen atoms in total. The lowest BCUT2D eigenvalue weighted by Gasteiger charge is -2.17. The molecule has 0 aromatic heterocycles. The number of rotatable bonds is 8. The molecular weight excluding hydrogens is 190 g/mol. The predicted octanol–water partition coefficient (Wildman–Crippen LogP) is 2.39. The van der Waals surface area contributed by atoms with E-state index in [1.54, 1.807) is 0 Å². The Morgan fingerprint density at radius 2 is 2.13 bits per heavy atom. The minimum absolute atomic E-state index is 0.101. The molecule has 3 N–H and O–H groups in total. The third kappa shape index (κ3) is 5.78. The lowest BCUT2D eigenvalue weighted by Crippen LogP contribution is -2.30. The molecule has 0 saturated heterocycles. The third-order valence-electron chi connectivity index (χ3n) is 3.36. The molecule has 1 saturated carbocycles. The van der Waals surface area contributed by atoms with Crippen LogP contribution in [0, 0.1) is 11.8 Å². The van der Waals surface area contributed by atoms with Crippen molar-refractivity contribution in [1.82, 2.24) is 0 Å². The van der Waals surface area contributed by atoms with E-state index < -0.39 is 5.97 Å². The van der Waals surface area contributed by atoms with Crippen LogP contribution in [0.15, 0.2) is 0 Å². The number of nitrogens with two attached hydrogens (primary N) is 1. The van der Waals surface area contributed by atoms with Gasteiger partial charge in [0.2, 0.25) is 0 Å². The number of hydrogen-bond donors (Lipinski definition) is 2. The average molecular weight is 213 g/mol. The van der Waals surface area contributed by atoms with Crippen LogP contribution in [0.2, 0.25) is 0 Å². The Labute approximate surface area is 92.0 Å². The number of aliphatic carboxylic acids is 1. The van der Waals surface area contributed by atoms with Gasteiger partial charge in [0.05, 0.1) is 6.42 Å². The first kappa shape index (κ1) is 12.5. The SMILES string of the molecule is C[C@H](CCCCC1CC1)[C@H](N)CC(=O)O. The molecule has 0 heterocycles. The molecule has 1 aliphatic rings. The van der Waals surface area contributed by atoms with Crippen molar-refractivity contribution in [2.45, 2.75) is 57.9 Å². The predicted molar refractivity (Wildman–Crippen MR) is 60.6 cm³/mol. The Morgan fingerprint density at radius 1 is 1.47 bits per heavy atom. The van der Waals surface area contributed by atoms with Crippen LogP contribution >= 0.6 is 0 Å². The van der Waals surface area contributed by atoms with Crippen molar-refractivity contribution in [3.63, 3.8) is 0 Å². The fraction of sp³-hybridized carbons (Fsp3) is 0.917. The molecule has 0 unspecified atom stereocenters. The summed E-state index contributed by atoms with van der Waals surface area (Å²) < 4.78 is 0. The first-order valence-electron chi connectivity index (χ1n) is 6.07. The molecule has 0 aromatic rings. The highest BCUT2D eigenvalue weighted by Crippen LogP contribution is 2.34. The smallest absolute Gasteiger partial charge is 0.304 e. The summed E-state index contributed by atoms with van der Waals surface area (Å²) in [5.41, 5.74) is 5.79. The van der Waals surface area contributed by atoms with E-state index in [1.165, 1.54) is 32.1 Å². The second kappa shape index (κ2) is 6.11. The van der Waals surface area contributed by atoms with E-state index in [-0.39, 0.29) is 12.5 Å². The van der Waals surface area contributed by atoms with Gasteiger partial charge >= 0.3 is 5.97 Å². The van der Waals surface area contributed by atoms with Crippen molar-refractivity contribution in [2.75, 3.05) is 0 Å². The molecule has 0 aliphatic heterocycles. The van der Waals surface area contributed by atoms with Crippen LogP contribution in [0.25, 0.3) is 0 Å². The highest BCUT2D eigenvalue weighted by Gasteiger charge is 2.20. The van der Waals surface area contributed by atoms with Gasteiger partial charge in [-0.05, 0) is 18.3 Å². The molecule has 3 heteroatoms. The van der Waals surface area contributed by atoms with Crippen LogP contribution in [-0.4, -0.2) is 17.1 Å². The molecule has 0 spiro atoms. The van der Waals surface area contributed by atoms with E-state index in [1.807, 2.05) is 0 Å². The van der Waals surface area contributed by atoms with Crippen LogP contribution < -0.4 is 5.73 Å². The summed E-state index contributed by atoms with van der Waals surface area (Å²) in [4.78, 5) is 10.5. The topological polar surface area (TPSA) is 63.3 Å². The molecule has 2 atom stereocenters. The fourth-order valence-corrected chi connectivity index (χ4v) is 1.92. The number of carboxylic acids is 1. The van der Waals surface area contributed by atoms with Gasteiger partial charge in [-0.1, -0.05) is 39.0 Å². The van der Waals surface area contributed by atoms with Gasteiger partial charge in [-0.2, -0.15) is 0 Å². The highest BCUT2D eigenvalue weighted by atomic mass is 16.4. The van der Waals surface area contributed by atoms with E-state index in [2.05, 4.69) is 6.92 Å². The lowest BCUT2D eigenvalue weighted by atomic mass is 9.93. The third-order valence-corrected chi connectivity index (χ3v) is 3.36. The van der Waals surface area contributed by atoms with Crippen molar-refractivity contribution in [3.05, 3.63) is 0 Å².